The first-order valence-electron chi connectivity index (χ1n) is 6.46. The van der Waals surface area contributed by atoms with Crippen molar-refractivity contribution in [3.8, 4) is 17.2 Å². The summed E-state index contributed by atoms with van der Waals surface area (Å²) in [5, 5.41) is 19.7. The summed E-state index contributed by atoms with van der Waals surface area (Å²) in [4.78, 5) is 1.23. The predicted molar refractivity (Wildman–Crippen MR) is 92.2 cm³/mol. The molecule has 0 radical (unpaired) electrons. The summed E-state index contributed by atoms with van der Waals surface area (Å²) < 4.78 is 0. The Kier molecular flexibility index (Phi) is 5.17. The molecule has 0 aliphatic carbocycles. The molecule has 22 heavy (non-hydrogen) atoms. The lowest BCUT2D eigenvalue weighted by Crippen LogP contribution is -2.21. The van der Waals surface area contributed by atoms with Crippen LogP contribution in [0.4, 0.5) is 5.69 Å². The van der Waals surface area contributed by atoms with Gasteiger partial charge in [-0.05, 0) is 41.6 Å². The molecule has 0 heterocycles. The van der Waals surface area contributed by atoms with E-state index >= 15 is 0 Å². The van der Waals surface area contributed by atoms with Gasteiger partial charge in [0.05, 0.1) is 5.69 Å². The maximum atomic E-state index is 8.77. The number of benzene rings is 2. The van der Waals surface area contributed by atoms with E-state index in [4.69, 9.17) is 16.4 Å². The van der Waals surface area contributed by atoms with Crippen LogP contribution in [0.5, 0.6) is 0 Å². The number of nitriles is 1. The van der Waals surface area contributed by atoms with E-state index in [0.717, 1.165) is 16.8 Å². The van der Waals surface area contributed by atoms with E-state index in [1.165, 1.54) is 4.90 Å². The van der Waals surface area contributed by atoms with Gasteiger partial charge in [0, 0.05) is 4.90 Å². The summed E-state index contributed by atoms with van der Waals surface area (Å²) in [6, 6.07) is 17.7. The zero-order valence-electron chi connectivity index (χ0n) is 12.0. The number of thioether (sulfide) groups is 1. The number of anilines is 1. The van der Waals surface area contributed by atoms with Gasteiger partial charge in [-0.15, -0.1) is 11.8 Å². The average Bonchev–Trinajstić information content (AvgIpc) is 2.56. The van der Waals surface area contributed by atoms with E-state index in [-0.39, 0.29) is 11.5 Å². The molecule has 0 aliphatic rings. The molecule has 4 N–H and O–H groups in total. The van der Waals surface area contributed by atoms with Gasteiger partial charge < -0.3 is 5.73 Å². The molecule has 0 fully saturated rings. The highest BCUT2D eigenvalue weighted by atomic mass is 32.2. The number of hydrogen-bond acceptors (Lipinski definition) is 5. The molecule has 0 bridgehead atoms. The van der Waals surface area contributed by atoms with Crippen molar-refractivity contribution in [2.24, 2.45) is 10.8 Å². The average molecular weight is 309 g/mol. The summed E-state index contributed by atoms with van der Waals surface area (Å²) in [5.74, 6) is -0.361. The van der Waals surface area contributed by atoms with Crippen molar-refractivity contribution in [1.82, 2.24) is 0 Å². The van der Waals surface area contributed by atoms with Crippen LogP contribution in [0.1, 0.15) is 0 Å². The molecule has 2 aromatic carbocycles. The molecule has 110 valence electrons. The van der Waals surface area contributed by atoms with E-state index in [1.807, 2.05) is 30.5 Å². The van der Waals surface area contributed by atoms with Crippen LogP contribution in [-0.4, -0.2) is 17.8 Å². The summed E-state index contributed by atoms with van der Waals surface area (Å²) in [6.45, 7) is 0. The Balaban J connectivity index is 2.13. The van der Waals surface area contributed by atoms with E-state index < -0.39 is 0 Å². The summed E-state index contributed by atoms with van der Waals surface area (Å²) >= 11 is 1.71. The molecule has 0 spiro atoms. The van der Waals surface area contributed by atoms with E-state index in [1.54, 1.807) is 17.8 Å². The lowest BCUT2D eigenvalue weighted by Gasteiger charge is -2.05. The number of nitrogens with one attached hydrogen (secondary N) is 2. The first-order chi connectivity index (χ1) is 10.6. The fourth-order valence-electron chi connectivity index (χ4n) is 1.79. The number of rotatable bonds is 5. The molecule has 6 heteroatoms. The number of nitrogens with zero attached hydrogens (tertiary/aromatic N) is 2. The quantitative estimate of drug-likeness (QED) is 0.341. The Labute approximate surface area is 133 Å². The second kappa shape index (κ2) is 7.29. The maximum absolute atomic E-state index is 8.77. The molecule has 2 rings (SSSR count). The number of hydrogen-bond donors (Lipinski definition) is 3. The van der Waals surface area contributed by atoms with Gasteiger partial charge in [0.25, 0.3) is 0 Å². The summed E-state index contributed by atoms with van der Waals surface area (Å²) in [5.41, 5.74) is 10.7. The highest BCUT2D eigenvalue weighted by Crippen LogP contribution is 2.24. The Morgan fingerprint density at radius 3 is 2.14 bits per heavy atom. The van der Waals surface area contributed by atoms with Crippen molar-refractivity contribution < 1.29 is 0 Å². The predicted octanol–water partition coefficient (Wildman–Crippen LogP) is 3.30. The molecule has 2 aromatic rings. The van der Waals surface area contributed by atoms with Gasteiger partial charge in [-0.2, -0.15) is 10.4 Å². The Morgan fingerprint density at radius 2 is 1.68 bits per heavy atom. The highest BCUT2D eigenvalue weighted by molar-refractivity contribution is 7.98. The monoisotopic (exact) mass is 309 g/mol. The fraction of sp³-hybridized carbons (Fsp3) is 0.0625. The zero-order valence-corrected chi connectivity index (χ0v) is 12.8. The zero-order chi connectivity index (χ0) is 15.9. The molecule has 0 atom stereocenters. The normalized spacial score (nSPS) is 10.8. The highest BCUT2D eigenvalue weighted by Gasteiger charge is 2.01. The van der Waals surface area contributed by atoms with Gasteiger partial charge in [-0.1, -0.05) is 24.3 Å². The molecule has 0 saturated heterocycles. The minimum Gasteiger partial charge on any atom is -0.382 e. The third kappa shape index (κ3) is 3.87. The lowest BCUT2D eigenvalue weighted by atomic mass is 10.1. The summed E-state index contributed by atoms with van der Waals surface area (Å²) in [6.07, 6.45) is 2.05. The van der Waals surface area contributed by atoms with Crippen LogP contribution in [0.25, 0.3) is 11.1 Å². The second-order valence-corrected chi connectivity index (χ2v) is 5.28. The minimum atomic E-state index is -0.361. The Bertz CT molecular complexity index is 727. The van der Waals surface area contributed by atoms with Crippen molar-refractivity contribution in [3.63, 3.8) is 0 Å². The van der Waals surface area contributed by atoms with Crippen molar-refractivity contribution in [2.75, 3.05) is 11.7 Å². The number of hydrazone groups is 1. The Hall–Kier alpha value is -2.78. The third-order valence-corrected chi connectivity index (χ3v) is 3.71. The molecule has 0 amide bonds. The largest absolute Gasteiger partial charge is 0.382 e. The molecular formula is C16H15N5S. The first kappa shape index (κ1) is 15.6. The molecule has 5 nitrogen and oxygen atoms in total. The van der Waals surface area contributed by atoms with Crippen LogP contribution in [0.15, 0.2) is 58.5 Å². The van der Waals surface area contributed by atoms with Gasteiger partial charge in [0.15, 0.2) is 5.84 Å². The lowest BCUT2D eigenvalue weighted by molar-refractivity contribution is 1.33. The minimum absolute atomic E-state index is 0.142. The third-order valence-electron chi connectivity index (χ3n) is 2.97. The smallest absolute Gasteiger partial charge is 0.201 e. The molecule has 0 saturated carbocycles. The molecular weight excluding hydrogens is 294 g/mol. The van der Waals surface area contributed by atoms with Crippen LogP contribution in [-0.2, 0) is 0 Å². The van der Waals surface area contributed by atoms with E-state index in [9.17, 15) is 0 Å². The maximum Gasteiger partial charge on any atom is 0.201 e. The second-order valence-electron chi connectivity index (χ2n) is 4.40. The molecule has 0 unspecified atom stereocenters. The fourth-order valence-corrected chi connectivity index (χ4v) is 2.19. The standard InChI is InChI=1S/C16H15N5S/c1-22-14-8-4-12(5-9-14)11-2-6-13(7-3-11)20-21-15(10-17)16(18)19/h2-9,20H,1H3,(H3,18,19)/b21-15+. The van der Waals surface area contributed by atoms with Crippen molar-refractivity contribution >= 4 is 29.0 Å². The van der Waals surface area contributed by atoms with Crippen LogP contribution >= 0.6 is 11.8 Å². The van der Waals surface area contributed by atoms with Gasteiger partial charge in [0.2, 0.25) is 5.71 Å². The van der Waals surface area contributed by atoms with Crippen molar-refractivity contribution in [3.05, 3.63) is 48.5 Å². The SMILES string of the molecule is CSc1ccc(-c2ccc(N/N=C(\C#N)C(=N)N)cc2)cc1. The van der Waals surface area contributed by atoms with E-state index in [0.29, 0.717) is 0 Å². The molecule has 0 aliphatic heterocycles. The van der Waals surface area contributed by atoms with Gasteiger partial charge in [0.1, 0.15) is 6.07 Å². The van der Waals surface area contributed by atoms with E-state index in [2.05, 4.69) is 34.8 Å². The van der Waals surface area contributed by atoms with Gasteiger partial charge in [-0.3, -0.25) is 10.8 Å². The van der Waals surface area contributed by atoms with Crippen LogP contribution in [0.2, 0.25) is 0 Å². The number of nitrogens with two attached hydrogens (primary N) is 1. The van der Waals surface area contributed by atoms with Gasteiger partial charge >= 0.3 is 0 Å². The van der Waals surface area contributed by atoms with Crippen LogP contribution in [0, 0.1) is 16.7 Å². The van der Waals surface area contributed by atoms with Crippen molar-refractivity contribution in [2.45, 2.75) is 4.90 Å². The van der Waals surface area contributed by atoms with Crippen LogP contribution < -0.4 is 11.2 Å². The molecule has 0 aromatic heterocycles. The number of amidine groups is 1. The van der Waals surface area contributed by atoms with Crippen molar-refractivity contribution in [1.29, 1.82) is 10.7 Å². The Morgan fingerprint density at radius 1 is 1.14 bits per heavy atom. The van der Waals surface area contributed by atoms with Crippen LogP contribution in [0.3, 0.4) is 0 Å². The topological polar surface area (TPSA) is 98.0 Å². The summed E-state index contributed by atoms with van der Waals surface area (Å²) in [7, 11) is 0. The van der Waals surface area contributed by atoms with Gasteiger partial charge in [-0.25, -0.2) is 0 Å². The first-order valence-corrected chi connectivity index (χ1v) is 7.69.